The van der Waals surface area contributed by atoms with Gasteiger partial charge >= 0.3 is 0 Å². The van der Waals surface area contributed by atoms with Gasteiger partial charge in [-0.05, 0) is 30.7 Å². The number of hydrogen-bond donors (Lipinski definition) is 1. The molecule has 3 aliphatic rings. The fourth-order valence-electron chi connectivity index (χ4n) is 4.25. The van der Waals surface area contributed by atoms with Gasteiger partial charge in [-0.15, -0.1) is 12.4 Å². The second kappa shape index (κ2) is 5.17. The average molecular weight is 314 g/mol. The van der Waals surface area contributed by atoms with Crippen molar-refractivity contribution in [1.82, 2.24) is 15.2 Å². The van der Waals surface area contributed by atoms with Gasteiger partial charge in [0.1, 0.15) is 0 Å². The fraction of sp³-hybridized carbons (Fsp3) is 0.571. The van der Waals surface area contributed by atoms with Crippen LogP contribution in [0.25, 0.3) is 0 Å². The van der Waals surface area contributed by atoms with Crippen molar-refractivity contribution in [2.75, 3.05) is 13.1 Å². The Morgan fingerprint density at radius 3 is 2.50 bits per heavy atom. The van der Waals surface area contributed by atoms with Crippen LogP contribution in [0.15, 0.2) is 18.5 Å². The summed E-state index contributed by atoms with van der Waals surface area (Å²) in [6.07, 6.45) is 5.48. The molecule has 3 saturated heterocycles. The zero-order valence-electron chi connectivity index (χ0n) is 11.0. The van der Waals surface area contributed by atoms with Gasteiger partial charge in [0.25, 0.3) is 5.91 Å². The maximum Gasteiger partial charge on any atom is 0.255 e. The smallest absolute Gasteiger partial charge is 0.255 e. The summed E-state index contributed by atoms with van der Waals surface area (Å²) in [5.74, 6) is 1.40. The molecular weight excluding hydrogens is 297 g/mol. The number of carbonyl (C=O) groups excluding carboxylic acids is 1. The van der Waals surface area contributed by atoms with Crippen LogP contribution >= 0.6 is 24.0 Å². The average Bonchev–Trinajstić information content (AvgIpc) is 3.09. The van der Waals surface area contributed by atoms with Crippen LogP contribution in [0.5, 0.6) is 0 Å². The third kappa shape index (κ3) is 1.93. The van der Waals surface area contributed by atoms with Crippen LogP contribution in [0.1, 0.15) is 23.2 Å². The molecule has 1 aromatic heterocycles. The van der Waals surface area contributed by atoms with E-state index in [0.717, 1.165) is 25.9 Å². The standard InChI is InChI=1S/C14H16ClN3O.ClH/c15-9-3-8(4-16-5-9)14(19)18-12-1-2-13(18)11-7-17-6-10(11)12;/h3-5,10-13,17H,1-2,6-7H2;1H/t10-,11+,12-,13+;. The maximum absolute atomic E-state index is 12.7. The van der Waals surface area contributed by atoms with Crippen molar-refractivity contribution in [2.24, 2.45) is 11.8 Å². The largest absolute Gasteiger partial charge is 0.332 e. The van der Waals surface area contributed by atoms with Crippen LogP contribution in [0.2, 0.25) is 5.02 Å². The van der Waals surface area contributed by atoms with Gasteiger partial charge in [0.2, 0.25) is 0 Å². The van der Waals surface area contributed by atoms with Crippen molar-refractivity contribution in [3.63, 3.8) is 0 Å². The zero-order chi connectivity index (χ0) is 13.0. The van der Waals surface area contributed by atoms with E-state index < -0.39 is 0 Å². The highest BCUT2D eigenvalue weighted by Gasteiger charge is 2.56. The molecule has 0 spiro atoms. The minimum atomic E-state index is 0. The molecular formula is C14H17Cl2N3O. The van der Waals surface area contributed by atoms with Gasteiger partial charge in [-0.2, -0.15) is 0 Å². The van der Waals surface area contributed by atoms with Crippen molar-refractivity contribution >= 4 is 29.9 Å². The second-order valence-electron chi connectivity index (χ2n) is 5.80. The summed E-state index contributed by atoms with van der Waals surface area (Å²) >= 11 is 5.94. The van der Waals surface area contributed by atoms with E-state index >= 15 is 0 Å². The lowest BCUT2D eigenvalue weighted by atomic mass is 9.82. The van der Waals surface area contributed by atoms with Crippen molar-refractivity contribution in [1.29, 1.82) is 0 Å². The number of rotatable bonds is 1. The molecule has 2 bridgehead atoms. The van der Waals surface area contributed by atoms with Crippen LogP contribution in [-0.4, -0.2) is 41.0 Å². The van der Waals surface area contributed by atoms with Crippen molar-refractivity contribution in [3.05, 3.63) is 29.0 Å². The van der Waals surface area contributed by atoms with Gasteiger partial charge in [-0.25, -0.2) is 0 Å². The minimum Gasteiger partial charge on any atom is -0.332 e. The molecule has 4 atom stereocenters. The Morgan fingerprint density at radius 2 is 1.90 bits per heavy atom. The lowest BCUT2D eigenvalue weighted by Crippen LogP contribution is -2.39. The minimum absolute atomic E-state index is 0. The Morgan fingerprint density at radius 1 is 1.25 bits per heavy atom. The van der Waals surface area contributed by atoms with Gasteiger partial charge in [-0.3, -0.25) is 9.78 Å². The van der Waals surface area contributed by atoms with E-state index in [0.29, 0.717) is 34.5 Å². The molecule has 1 aromatic rings. The molecule has 0 aromatic carbocycles. The Hall–Kier alpha value is -0.840. The van der Waals surface area contributed by atoms with Crippen molar-refractivity contribution in [3.8, 4) is 0 Å². The number of halogens is 2. The topological polar surface area (TPSA) is 45.2 Å². The Kier molecular flexibility index (Phi) is 3.65. The number of pyridine rings is 1. The summed E-state index contributed by atoms with van der Waals surface area (Å²) in [6.45, 7) is 2.12. The molecule has 0 unspecified atom stereocenters. The number of nitrogens with one attached hydrogen (secondary N) is 1. The van der Waals surface area contributed by atoms with Crippen LogP contribution < -0.4 is 5.32 Å². The molecule has 1 N–H and O–H groups in total. The molecule has 4 rings (SSSR count). The molecule has 3 aliphatic heterocycles. The van der Waals surface area contributed by atoms with E-state index in [4.69, 9.17) is 11.6 Å². The number of fused-ring (bicyclic) bond motifs is 5. The van der Waals surface area contributed by atoms with E-state index in [1.807, 2.05) is 0 Å². The SMILES string of the molecule is Cl.O=C(c1cncc(Cl)c1)N1[C@@H]2CC[C@H]1[C@H]1CNC[C@H]12. The van der Waals surface area contributed by atoms with E-state index in [-0.39, 0.29) is 18.3 Å². The monoisotopic (exact) mass is 313 g/mol. The highest BCUT2D eigenvalue weighted by Crippen LogP contribution is 2.47. The second-order valence-corrected chi connectivity index (χ2v) is 6.24. The summed E-state index contributed by atoms with van der Waals surface area (Å²) < 4.78 is 0. The fourth-order valence-corrected chi connectivity index (χ4v) is 4.42. The van der Waals surface area contributed by atoms with Crippen LogP contribution in [0.3, 0.4) is 0 Å². The number of carbonyl (C=O) groups is 1. The summed E-state index contributed by atoms with van der Waals surface area (Å²) in [4.78, 5) is 18.8. The summed E-state index contributed by atoms with van der Waals surface area (Å²) in [7, 11) is 0. The molecule has 108 valence electrons. The first-order chi connectivity index (χ1) is 9.25. The van der Waals surface area contributed by atoms with E-state index in [1.165, 1.54) is 0 Å². The van der Waals surface area contributed by atoms with Gasteiger partial charge in [0, 0.05) is 37.6 Å². The van der Waals surface area contributed by atoms with Gasteiger partial charge < -0.3 is 10.2 Å². The Labute approximate surface area is 129 Å². The zero-order valence-corrected chi connectivity index (χ0v) is 12.5. The lowest BCUT2D eigenvalue weighted by Gasteiger charge is -2.24. The molecule has 20 heavy (non-hydrogen) atoms. The predicted molar refractivity (Wildman–Crippen MR) is 79.3 cm³/mol. The highest BCUT2D eigenvalue weighted by molar-refractivity contribution is 6.30. The molecule has 0 radical (unpaired) electrons. The molecule has 1 amide bonds. The van der Waals surface area contributed by atoms with Gasteiger partial charge in [-0.1, -0.05) is 11.6 Å². The number of hydrogen-bond acceptors (Lipinski definition) is 3. The number of amides is 1. The van der Waals surface area contributed by atoms with Crippen LogP contribution in [-0.2, 0) is 0 Å². The van der Waals surface area contributed by atoms with E-state index in [9.17, 15) is 4.79 Å². The first-order valence-electron chi connectivity index (χ1n) is 6.89. The molecule has 0 aliphatic carbocycles. The normalized spacial score (nSPS) is 34.0. The molecule has 4 nitrogen and oxygen atoms in total. The van der Waals surface area contributed by atoms with Gasteiger partial charge in [0.15, 0.2) is 0 Å². The predicted octanol–water partition coefficient (Wildman–Crippen LogP) is 1.98. The third-order valence-electron chi connectivity index (χ3n) is 4.96. The molecule has 4 heterocycles. The lowest BCUT2D eigenvalue weighted by molar-refractivity contribution is 0.0709. The van der Waals surface area contributed by atoms with Crippen molar-refractivity contribution in [2.45, 2.75) is 24.9 Å². The quantitative estimate of drug-likeness (QED) is 0.862. The summed E-state index contributed by atoms with van der Waals surface area (Å²) in [5, 5.41) is 3.99. The first-order valence-corrected chi connectivity index (χ1v) is 7.27. The third-order valence-corrected chi connectivity index (χ3v) is 5.16. The molecule has 0 saturated carbocycles. The van der Waals surface area contributed by atoms with Crippen LogP contribution in [0, 0.1) is 11.8 Å². The van der Waals surface area contributed by atoms with Crippen molar-refractivity contribution < 1.29 is 4.79 Å². The maximum atomic E-state index is 12.7. The first kappa shape index (κ1) is 14.1. The van der Waals surface area contributed by atoms with Crippen LogP contribution in [0.4, 0.5) is 0 Å². The highest BCUT2D eigenvalue weighted by atomic mass is 35.5. The van der Waals surface area contributed by atoms with E-state index in [1.54, 1.807) is 18.5 Å². The number of aromatic nitrogens is 1. The van der Waals surface area contributed by atoms with E-state index in [2.05, 4.69) is 15.2 Å². The Bertz CT molecular complexity index is 521. The summed E-state index contributed by atoms with van der Waals surface area (Å²) in [5.41, 5.74) is 0.623. The number of nitrogens with zero attached hydrogens (tertiary/aromatic N) is 2. The molecule has 6 heteroatoms. The summed E-state index contributed by atoms with van der Waals surface area (Å²) in [6, 6.07) is 2.55. The Balaban J connectivity index is 0.00000121. The van der Waals surface area contributed by atoms with Gasteiger partial charge in [0.05, 0.1) is 10.6 Å². The molecule has 3 fully saturated rings.